The molecule has 19 heavy (non-hydrogen) atoms. The quantitative estimate of drug-likeness (QED) is 0.600. The smallest absolute Gasteiger partial charge is 0.263 e. The normalized spacial score (nSPS) is 16.0. The summed E-state index contributed by atoms with van der Waals surface area (Å²) in [4.78, 5) is 25.9. The fraction of sp³-hybridized carbons (Fsp3) is 0.385. The van der Waals surface area contributed by atoms with Gasteiger partial charge in [0.2, 0.25) is 0 Å². The summed E-state index contributed by atoms with van der Waals surface area (Å²) in [7, 11) is 0. The minimum Gasteiger partial charge on any atom is -0.271 e. The van der Waals surface area contributed by atoms with Gasteiger partial charge in [-0.1, -0.05) is 41.7 Å². The molecule has 0 aromatic heterocycles. The fourth-order valence-corrected chi connectivity index (χ4v) is 2.92. The number of imide groups is 1. The molecule has 102 valence electrons. The lowest BCUT2D eigenvalue weighted by Crippen LogP contribution is -2.37. The van der Waals surface area contributed by atoms with Crippen molar-refractivity contribution in [2.24, 2.45) is 0 Å². The molecule has 1 atom stereocenters. The molecule has 0 saturated heterocycles. The van der Waals surface area contributed by atoms with Gasteiger partial charge in [-0.2, -0.15) is 0 Å². The van der Waals surface area contributed by atoms with E-state index in [-0.39, 0.29) is 32.2 Å². The van der Waals surface area contributed by atoms with Gasteiger partial charge in [0.1, 0.15) is 0 Å². The number of hydrogen-bond acceptors (Lipinski definition) is 2. The highest BCUT2D eigenvalue weighted by molar-refractivity contribution is 6.48. The summed E-state index contributed by atoms with van der Waals surface area (Å²) < 4.78 is 0. The number of fused-ring (bicyclic) bond motifs is 1. The SMILES string of the molecule is CCC(C)N1C(=O)c2c(Cl)c(C)c(Cl)c(Cl)c2C1=O. The Balaban J connectivity index is 2.73. The standard InChI is InChI=1S/C13H12Cl3NO2/c1-4-5(2)17-12(18)7-8(13(17)19)11(16)10(15)6(3)9(7)14/h5H,4H2,1-3H3. The van der Waals surface area contributed by atoms with Crippen LogP contribution in [0.1, 0.15) is 46.5 Å². The highest BCUT2D eigenvalue weighted by Crippen LogP contribution is 2.42. The van der Waals surface area contributed by atoms with Crippen molar-refractivity contribution in [2.75, 3.05) is 0 Å². The molecule has 0 fully saturated rings. The van der Waals surface area contributed by atoms with Crippen molar-refractivity contribution < 1.29 is 9.59 Å². The maximum absolute atomic E-state index is 12.4. The maximum Gasteiger partial charge on any atom is 0.263 e. The average Bonchev–Trinajstić information content (AvgIpc) is 2.64. The number of hydrogen-bond donors (Lipinski definition) is 0. The van der Waals surface area contributed by atoms with Gasteiger partial charge in [-0.15, -0.1) is 0 Å². The summed E-state index contributed by atoms with van der Waals surface area (Å²) in [5, 5.41) is 0.522. The van der Waals surface area contributed by atoms with Gasteiger partial charge >= 0.3 is 0 Å². The molecular formula is C13H12Cl3NO2. The summed E-state index contributed by atoms with van der Waals surface area (Å²) in [5.41, 5.74) is 0.797. The molecule has 1 unspecified atom stereocenters. The molecule has 1 aromatic rings. The van der Waals surface area contributed by atoms with Crippen LogP contribution >= 0.6 is 34.8 Å². The molecule has 2 amide bonds. The molecular weight excluding hydrogens is 309 g/mol. The molecule has 1 aliphatic heterocycles. The van der Waals surface area contributed by atoms with Crippen molar-refractivity contribution in [3.05, 3.63) is 31.8 Å². The number of carbonyl (C=O) groups is 2. The summed E-state index contributed by atoms with van der Waals surface area (Å²) in [6, 6.07) is -0.210. The average molecular weight is 321 g/mol. The summed E-state index contributed by atoms with van der Waals surface area (Å²) in [5.74, 6) is -0.829. The van der Waals surface area contributed by atoms with Crippen molar-refractivity contribution in [2.45, 2.75) is 33.2 Å². The van der Waals surface area contributed by atoms with Crippen molar-refractivity contribution in [1.82, 2.24) is 4.90 Å². The lowest BCUT2D eigenvalue weighted by atomic mass is 10.1. The predicted molar refractivity (Wildman–Crippen MR) is 76.5 cm³/mol. The van der Waals surface area contributed by atoms with Gasteiger partial charge in [-0.25, -0.2) is 0 Å². The first kappa shape index (κ1) is 14.6. The van der Waals surface area contributed by atoms with Gasteiger partial charge in [0, 0.05) is 6.04 Å². The van der Waals surface area contributed by atoms with E-state index in [9.17, 15) is 9.59 Å². The number of amides is 2. The summed E-state index contributed by atoms with van der Waals surface area (Å²) in [6.45, 7) is 5.37. The zero-order valence-corrected chi connectivity index (χ0v) is 12.9. The first-order valence-electron chi connectivity index (χ1n) is 5.87. The van der Waals surface area contributed by atoms with Gasteiger partial charge in [-0.05, 0) is 25.8 Å². The second kappa shape index (κ2) is 4.97. The zero-order valence-electron chi connectivity index (χ0n) is 10.7. The van der Waals surface area contributed by atoms with Crippen LogP contribution in [0.3, 0.4) is 0 Å². The Hall–Kier alpha value is -0.770. The molecule has 0 radical (unpaired) electrons. The zero-order chi connectivity index (χ0) is 14.5. The van der Waals surface area contributed by atoms with E-state index in [4.69, 9.17) is 34.8 Å². The molecule has 6 heteroatoms. The van der Waals surface area contributed by atoms with Crippen LogP contribution in [0.15, 0.2) is 0 Å². The summed E-state index contributed by atoms with van der Waals surface area (Å²) >= 11 is 18.3. The van der Waals surface area contributed by atoms with E-state index in [0.717, 1.165) is 0 Å². The van der Waals surface area contributed by atoms with E-state index in [1.165, 1.54) is 4.90 Å². The Morgan fingerprint density at radius 2 is 1.47 bits per heavy atom. The van der Waals surface area contributed by atoms with Crippen LogP contribution in [-0.2, 0) is 0 Å². The Kier molecular flexibility index (Phi) is 3.83. The third kappa shape index (κ3) is 1.95. The van der Waals surface area contributed by atoms with E-state index < -0.39 is 11.8 Å². The molecule has 0 bridgehead atoms. The molecule has 2 rings (SSSR count). The minimum absolute atomic E-state index is 0.0997. The van der Waals surface area contributed by atoms with Crippen LogP contribution in [0.2, 0.25) is 15.1 Å². The second-order valence-electron chi connectivity index (χ2n) is 4.55. The van der Waals surface area contributed by atoms with E-state index in [1.807, 2.05) is 6.92 Å². The third-order valence-electron chi connectivity index (χ3n) is 3.44. The van der Waals surface area contributed by atoms with Crippen LogP contribution in [0, 0.1) is 6.92 Å². The molecule has 0 aliphatic carbocycles. The van der Waals surface area contributed by atoms with Crippen LogP contribution < -0.4 is 0 Å². The molecule has 0 spiro atoms. The molecule has 1 aliphatic rings. The summed E-state index contributed by atoms with van der Waals surface area (Å²) in [6.07, 6.45) is 0.660. The molecule has 0 N–H and O–H groups in total. The first-order valence-corrected chi connectivity index (χ1v) is 7.01. The van der Waals surface area contributed by atoms with Crippen LogP contribution in [0.25, 0.3) is 0 Å². The highest BCUT2D eigenvalue weighted by Gasteiger charge is 2.42. The number of carbonyl (C=O) groups excluding carboxylic acids is 2. The predicted octanol–water partition coefficient (Wildman–Crippen LogP) is 4.35. The van der Waals surface area contributed by atoms with Crippen molar-refractivity contribution in [1.29, 1.82) is 0 Å². The van der Waals surface area contributed by atoms with Crippen LogP contribution in [0.4, 0.5) is 0 Å². The van der Waals surface area contributed by atoms with E-state index >= 15 is 0 Å². The van der Waals surface area contributed by atoms with Crippen molar-refractivity contribution in [3.63, 3.8) is 0 Å². The van der Waals surface area contributed by atoms with Gasteiger partial charge < -0.3 is 0 Å². The lowest BCUT2D eigenvalue weighted by molar-refractivity contribution is 0.0593. The maximum atomic E-state index is 12.4. The Labute approximate surface area is 126 Å². The van der Waals surface area contributed by atoms with E-state index in [1.54, 1.807) is 13.8 Å². The van der Waals surface area contributed by atoms with Crippen molar-refractivity contribution >= 4 is 46.6 Å². The van der Waals surface area contributed by atoms with Gasteiger partial charge in [0.05, 0.1) is 26.2 Å². The highest BCUT2D eigenvalue weighted by atomic mass is 35.5. The molecule has 1 heterocycles. The topological polar surface area (TPSA) is 37.4 Å². The third-order valence-corrected chi connectivity index (χ3v) is 4.86. The molecule has 0 saturated carbocycles. The molecule has 1 aromatic carbocycles. The number of benzene rings is 1. The van der Waals surface area contributed by atoms with Crippen molar-refractivity contribution in [3.8, 4) is 0 Å². The van der Waals surface area contributed by atoms with Gasteiger partial charge in [0.25, 0.3) is 11.8 Å². The number of nitrogens with zero attached hydrogens (tertiary/aromatic N) is 1. The Morgan fingerprint density at radius 3 is 1.95 bits per heavy atom. The van der Waals surface area contributed by atoms with Crippen LogP contribution in [-0.4, -0.2) is 22.8 Å². The lowest BCUT2D eigenvalue weighted by Gasteiger charge is -2.20. The van der Waals surface area contributed by atoms with E-state index in [2.05, 4.69) is 0 Å². The number of halogens is 3. The Morgan fingerprint density at radius 1 is 1.00 bits per heavy atom. The van der Waals surface area contributed by atoms with E-state index in [0.29, 0.717) is 12.0 Å². The van der Waals surface area contributed by atoms with Gasteiger partial charge in [0.15, 0.2) is 0 Å². The number of rotatable bonds is 2. The second-order valence-corrected chi connectivity index (χ2v) is 5.69. The first-order chi connectivity index (χ1) is 8.82. The fourth-order valence-electron chi connectivity index (χ4n) is 2.10. The van der Waals surface area contributed by atoms with Crippen LogP contribution in [0.5, 0.6) is 0 Å². The molecule has 3 nitrogen and oxygen atoms in total. The monoisotopic (exact) mass is 319 g/mol. The minimum atomic E-state index is -0.428. The Bertz CT molecular complexity index is 551. The van der Waals surface area contributed by atoms with Gasteiger partial charge in [-0.3, -0.25) is 14.5 Å². The largest absolute Gasteiger partial charge is 0.271 e.